The van der Waals surface area contributed by atoms with Crippen molar-refractivity contribution in [1.82, 2.24) is 0 Å². The van der Waals surface area contributed by atoms with Gasteiger partial charge in [-0.25, -0.2) is 4.79 Å². The maximum Gasteiger partial charge on any atom is 0.340 e. The van der Waals surface area contributed by atoms with E-state index in [0.29, 0.717) is 22.7 Å². The number of rotatable bonds is 6. The van der Waals surface area contributed by atoms with E-state index in [9.17, 15) is 9.59 Å². The molecule has 1 atom stereocenters. The van der Waals surface area contributed by atoms with E-state index < -0.39 is 12.0 Å². The Morgan fingerprint density at radius 2 is 2.00 bits per heavy atom. The van der Waals surface area contributed by atoms with Crippen LogP contribution in [0.25, 0.3) is 0 Å². The molecular weight excluding hydrogens is 336 g/mol. The second kappa shape index (κ2) is 8.04. The van der Waals surface area contributed by atoms with Crippen molar-refractivity contribution in [2.75, 3.05) is 26.5 Å². The number of likely N-dealkylation sites (N-methyl/N-ethyl adjacent to an activating group) is 1. The third-order valence-corrected chi connectivity index (χ3v) is 4.04. The molecule has 0 aliphatic carbocycles. The van der Waals surface area contributed by atoms with E-state index in [1.165, 1.54) is 13.2 Å². The fraction of sp³-hybridized carbons (Fsp3) is 0.500. The zero-order valence-electron chi connectivity index (χ0n) is 14.1. The Morgan fingerprint density at radius 3 is 2.48 bits per heavy atom. The van der Waals surface area contributed by atoms with Crippen molar-refractivity contribution in [2.45, 2.75) is 32.7 Å². The number of esters is 1. The Bertz CT molecular complexity index is 600. The van der Waals surface area contributed by atoms with Crippen LogP contribution in [0.4, 0.5) is 5.69 Å². The highest BCUT2D eigenvalue weighted by Crippen LogP contribution is 2.27. The minimum absolute atomic E-state index is 0.0971. The van der Waals surface area contributed by atoms with Crippen LogP contribution in [0.5, 0.6) is 0 Å². The summed E-state index contributed by atoms with van der Waals surface area (Å²) in [5.41, 5.74) is 1.34. The van der Waals surface area contributed by atoms with Crippen molar-refractivity contribution in [1.29, 1.82) is 0 Å². The second-order valence-corrected chi connectivity index (χ2v) is 7.24. The van der Waals surface area contributed by atoms with Crippen LogP contribution in [0, 0.1) is 6.92 Å². The third-order valence-electron chi connectivity index (χ3n) is 3.57. The number of nitrogens with one attached hydrogen (secondary N) is 1. The van der Waals surface area contributed by atoms with Gasteiger partial charge in [0, 0.05) is 11.4 Å². The first-order valence-corrected chi connectivity index (χ1v) is 8.10. The lowest BCUT2D eigenvalue weighted by molar-refractivity contribution is -0.768. The molecular formula is C16H23ClN2O3S. The Morgan fingerprint density at radius 1 is 1.39 bits per heavy atom. The lowest BCUT2D eigenvalue weighted by atomic mass is 10.1. The van der Waals surface area contributed by atoms with Gasteiger partial charge in [-0.05, 0) is 24.6 Å². The summed E-state index contributed by atoms with van der Waals surface area (Å²) in [6, 6.07) is 2.78. The number of hydrogen-bond donors (Lipinski definition) is 1. The van der Waals surface area contributed by atoms with E-state index >= 15 is 0 Å². The van der Waals surface area contributed by atoms with Crippen molar-refractivity contribution in [2.24, 2.45) is 0 Å². The number of carbonyl (C=O) groups is 2. The average Bonchev–Trinajstić information content (AvgIpc) is 2.44. The van der Waals surface area contributed by atoms with E-state index in [0.717, 1.165) is 6.42 Å². The highest BCUT2D eigenvalue weighted by molar-refractivity contribution is 7.52. The molecule has 1 amide bonds. The van der Waals surface area contributed by atoms with Gasteiger partial charge >= 0.3 is 5.97 Å². The summed E-state index contributed by atoms with van der Waals surface area (Å²) >= 11 is 11.4. The molecule has 1 N–H and O–H groups in total. The molecule has 0 saturated carbocycles. The topological polar surface area (TPSA) is 55.4 Å². The zero-order chi connectivity index (χ0) is 17.8. The number of methoxy groups -OCH3 is 1. The number of quaternary nitrogens is 1. The minimum Gasteiger partial charge on any atom is -0.494 e. The van der Waals surface area contributed by atoms with Crippen molar-refractivity contribution in [3.63, 3.8) is 0 Å². The molecule has 1 unspecified atom stereocenters. The van der Waals surface area contributed by atoms with Crippen LogP contribution < -0.4 is 5.32 Å². The van der Waals surface area contributed by atoms with Crippen molar-refractivity contribution < 1.29 is 18.2 Å². The predicted molar refractivity (Wildman–Crippen MR) is 94.3 cm³/mol. The maximum atomic E-state index is 12.7. The van der Waals surface area contributed by atoms with Gasteiger partial charge in [0.25, 0.3) is 5.91 Å². The summed E-state index contributed by atoms with van der Waals surface area (Å²) in [6.07, 6.45) is 1.49. The number of carbonyl (C=O) groups excluding carboxylic acids is 2. The SMILES string of the molecule is CCCC(C(=O)Nc1c(C)cc(Cl)cc1C(=O)OC)[N+](C)(C)[S-]. The quantitative estimate of drug-likeness (QED) is 0.482. The summed E-state index contributed by atoms with van der Waals surface area (Å²) in [5.74, 6) is -0.771. The molecule has 0 heterocycles. The van der Waals surface area contributed by atoms with Crippen LogP contribution in [-0.4, -0.2) is 43.0 Å². The molecule has 1 aromatic rings. The maximum absolute atomic E-state index is 12.7. The minimum atomic E-state index is -0.551. The van der Waals surface area contributed by atoms with Gasteiger partial charge < -0.3 is 26.8 Å². The number of hydrogen-bond acceptors (Lipinski definition) is 4. The third kappa shape index (κ3) is 5.12. The number of anilines is 1. The lowest BCUT2D eigenvalue weighted by Crippen LogP contribution is -2.50. The van der Waals surface area contributed by atoms with E-state index in [1.807, 2.05) is 6.92 Å². The standard InChI is InChI=1S/C16H23ClN2O3S/c1-6-7-13(19(3,4)23)15(20)18-14-10(2)8-11(17)9-12(14)16(21)22-5/h8-9,13H,6-7H2,1-5H3,(H,18,20). The van der Waals surface area contributed by atoms with E-state index in [2.05, 4.69) is 5.32 Å². The van der Waals surface area contributed by atoms with Crippen LogP contribution >= 0.6 is 11.6 Å². The van der Waals surface area contributed by atoms with Gasteiger partial charge in [-0.3, -0.25) is 4.79 Å². The molecule has 0 bridgehead atoms. The summed E-state index contributed by atoms with van der Waals surface area (Å²) in [7, 11) is 4.88. The number of ether oxygens (including phenoxy) is 1. The molecule has 0 fully saturated rings. The summed E-state index contributed by atoms with van der Waals surface area (Å²) in [5, 5.41) is 3.24. The highest BCUT2D eigenvalue weighted by Gasteiger charge is 2.28. The number of aryl methyl sites for hydroxylation is 1. The largest absolute Gasteiger partial charge is 0.494 e. The van der Waals surface area contributed by atoms with Gasteiger partial charge in [0.1, 0.15) is 0 Å². The number of amides is 1. The summed E-state index contributed by atoms with van der Waals surface area (Å²) < 4.78 is 4.87. The fourth-order valence-electron chi connectivity index (χ4n) is 2.38. The molecule has 128 valence electrons. The number of nitrogens with zero attached hydrogens (tertiary/aromatic N) is 1. The predicted octanol–water partition coefficient (Wildman–Crippen LogP) is 3.08. The molecule has 23 heavy (non-hydrogen) atoms. The normalized spacial score (nSPS) is 12.7. The molecule has 1 aromatic carbocycles. The van der Waals surface area contributed by atoms with Crippen LogP contribution in [0.3, 0.4) is 0 Å². The Kier molecular flexibility index (Phi) is 6.92. The fourth-order valence-corrected chi connectivity index (χ4v) is 2.86. The first-order valence-electron chi connectivity index (χ1n) is 7.35. The van der Waals surface area contributed by atoms with Crippen molar-refractivity contribution in [3.05, 3.63) is 28.3 Å². The summed E-state index contributed by atoms with van der Waals surface area (Å²) in [4.78, 5) is 24.6. The first kappa shape index (κ1) is 19.8. The van der Waals surface area contributed by atoms with Gasteiger partial charge in [-0.15, -0.1) is 0 Å². The Labute approximate surface area is 148 Å². The monoisotopic (exact) mass is 358 g/mol. The molecule has 5 nitrogen and oxygen atoms in total. The Hall–Kier alpha value is -1.24. The highest BCUT2D eigenvalue weighted by atomic mass is 35.5. The van der Waals surface area contributed by atoms with Gasteiger partial charge in [0.05, 0.1) is 32.5 Å². The van der Waals surface area contributed by atoms with E-state index in [1.54, 1.807) is 27.1 Å². The molecule has 0 aliphatic rings. The van der Waals surface area contributed by atoms with Crippen LogP contribution in [0.2, 0.25) is 5.02 Å². The van der Waals surface area contributed by atoms with Crippen LogP contribution in [0.1, 0.15) is 35.7 Å². The van der Waals surface area contributed by atoms with Gasteiger partial charge in [-0.2, -0.15) is 0 Å². The zero-order valence-corrected chi connectivity index (χ0v) is 15.7. The average molecular weight is 359 g/mol. The van der Waals surface area contributed by atoms with Crippen molar-refractivity contribution in [3.8, 4) is 0 Å². The molecule has 0 aliphatic heterocycles. The molecule has 7 heteroatoms. The molecule has 0 saturated heterocycles. The van der Waals surface area contributed by atoms with Gasteiger partial charge in [-0.1, -0.05) is 24.9 Å². The molecule has 1 rings (SSSR count). The molecule has 0 aromatic heterocycles. The number of benzene rings is 1. The summed E-state index contributed by atoms with van der Waals surface area (Å²) in [6.45, 7) is 3.77. The van der Waals surface area contributed by atoms with Crippen molar-refractivity contribution >= 4 is 42.0 Å². The Balaban J connectivity index is 3.21. The van der Waals surface area contributed by atoms with Crippen LogP contribution in [-0.2, 0) is 22.3 Å². The molecule has 0 spiro atoms. The second-order valence-electron chi connectivity index (χ2n) is 5.86. The van der Waals surface area contributed by atoms with E-state index in [-0.39, 0.29) is 15.4 Å². The van der Waals surface area contributed by atoms with Crippen LogP contribution in [0.15, 0.2) is 12.1 Å². The first-order chi connectivity index (χ1) is 10.6. The smallest absolute Gasteiger partial charge is 0.340 e. The van der Waals surface area contributed by atoms with Gasteiger partial charge in [0.2, 0.25) is 0 Å². The molecule has 0 radical (unpaired) electrons. The number of halogens is 1. The van der Waals surface area contributed by atoms with E-state index in [4.69, 9.17) is 29.2 Å². The lowest BCUT2D eigenvalue weighted by Gasteiger charge is -2.42. The van der Waals surface area contributed by atoms with Gasteiger partial charge in [0.15, 0.2) is 6.04 Å².